The van der Waals surface area contributed by atoms with Crippen LogP contribution in [0.25, 0.3) is 10.2 Å². The summed E-state index contributed by atoms with van der Waals surface area (Å²) in [6, 6.07) is 1.67. The summed E-state index contributed by atoms with van der Waals surface area (Å²) < 4.78 is 10.8. The van der Waals surface area contributed by atoms with Crippen molar-refractivity contribution < 1.29 is 24.2 Å². The van der Waals surface area contributed by atoms with Crippen molar-refractivity contribution in [3.05, 3.63) is 17.8 Å². The third-order valence-electron chi connectivity index (χ3n) is 2.57. The summed E-state index contributed by atoms with van der Waals surface area (Å²) in [5.41, 5.74) is -0.441. The van der Waals surface area contributed by atoms with Gasteiger partial charge in [0.2, 0.25) is 0 Å². The Balaban J connectivity index is 2.42. The van der Waals surface area contributed by atoms with Gasteiger partial charge in [-0.25, -0.2) is 9.59 Å². The van der Waals surface area contributed by atoms with Gasteiger partial charge in [0.05, 0.1) is 23.5 Å². The highest BCUT2D eigenvalue weighted by Crippen LogP contribution is 2.36. The van der Waals surface area contributed by atoms with Crippen LogP contribution in [0.5, 0.6) is 5.75 Å². The minimum absolute atomic E-state index is 0.0616. The second-order valence-electron chi connectivity index (χ2n) is 5.46. The first kappa shape index (κ1) is 16.0. The first-order chi connectivity index (χ1) is 10.2. The molecule has 0 aliphatic rings. The molecule has 7 nitrogen and oxygen atoms in total. The van der Waals surface area contributed by atoms with Crippen LogP contribution in [0.15, 0.2) is 12.3 Å². The molecule has 118 valence electrons. The Morgan fingerprint density at radius 1 is 1.36 bits per heavy atom. The zero-order chi connectivity index (χ0) is 16.5. The Bertz CT molecular complexity index is 733. The van der Waals surface area contributed by atoms with Crippen molar-refractivity contribution in [1.82, 2.24) is 4.98 Å². The number of carbonyl (C=O) groups excluding carboxylic acids is 1. The average molecular weight is 324 g/mol. The van der Waals surface area contributed by atoms with Crippen molar-refractivity contribution in [2.24, 2.45) is 0 Å². The lowest BCUT2D eigenvalue weighted by Crippen LogP contribution is -2.27. The number of nitrogens with zero attached hydrogens (tertiary/aromatic N) is 1. The van der Waals surface area contributed by atoms with Crippen LogP contribution in [0.2, 0.25) is 0 Å². The fraction of sp³-hybridized carbons (Fsp3) is 0.357. The van der Waals surface area contributed by atoms with Crippen LogP contribution in [0.3, 0.4) is 0 Å². The van der Waals surface area contributed by atoms with E-state index in [2.05, 4.69) is 10.3 Å². The van der Waals surface area contributed by atoms with E-state index in [-0.39, 0.29) is 10.6 Å². The van der Waals surface area contributed by atoms with Crippen LogP contribution >= 0.6 is 11.3 Å². The number of methoxy groups -OCH3 is 1. The maximum Gasteiger partial charge on any atom is 0.412 e. The van der Waals surface area contributed by atoms with Crippen LogP contribution in [0, 0.1) is 0 Å². The zero-order valence-electron chi connectivity index (χ0n) is 12.6. The number of aromatic carboxylic acids is 1. The first-order valence-electron chi connectivity index (χ1n) is 6.41. The van der Waals surface area contributed by atoms with E-state index in [1.54, 1.807) is 26.8 Å². The Morgan fingerprint density at radius 2 is 2.05 bits per heavy atom. The molecule has 1 amide bonds. The van der Waals surface area contributed by atoms with E-state index in [0.717, 1.165) is 11.3 Å². The zero-order valence-corrected chi connectivity index (χ0v) is 13.4. The van der Waals surface area contributed by atoms with Gasteiger partial charge in [0.15, 0.2) is 0 Å². The molecule has 2 heterocycles. The number of anilines is 1. The van der Waals surface area contributed by atoms with E-state index in [0.29, 0.717) is 16.0 Å². The van der Waals surface area contributed by atoms with Gasteiger partial charge in [0.25, 0.3) is 0 Å². The Kier molecular flexibility index (Phi) is 4.23. The van der Waals surface area contributed by atoms with E-state index in [1.165, 1.54) is 13.3 Å². The number of pyridine rings is 1. The second-order valence-corrected chi connectivity index (χ2v) is 6.51. The Hall–Kier alpha value is -2.35. The minimum atomic E-state index is -1.17. The number of fused-ring (bicyclic) bond motifs is 1. The number of aromatic nitrogens is 1. The standard InChI is InChI=1S/C14H16N2O5S/c1-14(2,3)21-13(19)16-11-9(12(17)18)10-8(22-11)5-7(20-4)6-15-10/h5-6H,1-4H3,(H,16,19)(H,17,18). The monoisotopic (exact) mass is 324 g/mol. The molecule has 22 heavy (non-hydrogen) atoms. The quantitative estimate of drug-likeness (QED) is 0.898. The van der Waals surface area contributed by atoms with Crippen LogP contribution in [0.1, 0.15) is 31.1 Å². The molecule has 0 bridgehead atoms. The molecule has 0 fully saturated rings. The summed E-state index contributed by atoms with van der Waals surface area (Å²) in [6.45, 7) is 5.17. The summed E-state index contributed by atoms with van der Waals surface area (Å²) in [5.74, 6) is -0.663. The van der Waals surface area contributed by atoms with Crippen LogP contribution in [-0.2, 0) is 4.74 Å². The van der Waals surface area contributed by atoms with Crippen LogP contribution in [0.4, 0.5) is 9.80 Å². The highest BCUT2D eigenvalue weighted by molar-refractivity contribution is 7.23. The summed E-state index contributed by atoms with van der Waals surface area (Å²) in [6.07, 6.45) is 0.715. The van der Waals surface area contributed by atoms with E-state index >= 15 is 0 Å². The van der Waals surface area contributed by atoms with Gasteiger partial charge in [-0.05, 0) is 20.8 Å². The van der Waals surface area contributed by atoms with E-state index < -0.39 is 17.7 Å². The molecule has 2 rings (SSSR count). The van der Waals surface area contributed by atoms with E-state index in [4.69, 9.17) is 9.47 Å². The molecule has 0 aliphatic heterocycles. The van der Waals surface area contributed by atoms with Crippen LogP contribution in [-0.4, -0.2) is 34.9 Å². The SMILES string of the molecule is COc1cnc2c(C(=O)O)c(NC(=O)OC(C)(C)C)sc2c1. The Labute approximate surface area is 130 Å². The minimum Gasteiger partial charge on any atom is -0.495 e. The molecular weight excluding hydrogens is 308 g/mol. The van der Waals surface area contributed by atoms with E-state index in [9.17, 15) is 14.7 Å². The molecule has 0 saturated heterocycles. The van der Waals surface area contributed by atoms with Crippen molar-refractivity contribution in [2.75, 3.05) is 12.4 Å². The molecule has 0 unspecified atom stereocenters. The lowest BCUT2D eigenvalue weighted by Gasteiger charge is -2.19. The largest absolute Gasteiger partial charge is 0.495 e. The highest BCUT2D eigenvalue weighted by atomic mass is 32.1. The van der Waals surface area contributed by atoms with Gasteiger partial charge in [0, 0.05) is 6.07 Å². The number of hydrogen-bond donors (Lipinski definition) is 2. The fourth-order valence-corrected chi connectivity index (χ4v) is 2.82. The predicted octanol–water partition coefficient (Wildman–Crippen LogP) is 3.35. The molecule has 0 radical (unpaired) electrons. The molecule has 0 spiro atoms. The highest BCUT2D eigenvalue weighted by Gasteiger charge is 2.24. The fourth-order valence-electron chi connectivity index (χ4n) is 1.76. The van der Waals surface area contributed by atoms with Gasteiger partial charge in [0.1, 0.15) is 21.9 Å². The number of nitrogens with one attached hydrogen (secondary N) is 1. The molecule has 0 aliphatic carbocycles. The van der Waals surface area contributed by atoms with Gasteiger partial charge < -0.3 is 14.6 Å². The van der Waals surface area contributed by atoms with Crippen molar-refractivity contribution in [1.29, 1.82) is 0 Å². The smallest absolute Gasteiger partial charge is 0.412 e. The molecule has 0 saturated carbocycles. The number of carboxylic acid groups (broad SMARTS) is 1. The first-order valence-corrected chi connectivity index (χ1v) is 7.23. The molecule has 2 aromatic heterocycles. The summed E-state index contributed by atoms with van der Waals surface area (Å²) in [7, 11) is 1.49. The number of carboxylic acids is 1. The topological polar surface area (TPSA) is 97.8 Å². The third-order valence-corrected chi connectivity index (χ3v) is 3.61. The second kappa shape index (κ2) is 5.80. The lowest BCUT2D eigenvalue weighted by molar-refractivity contribution is 0.0636. The summed E-state index contributed by atoms with van der Waals surface area (Å²) in [5, 5.41) is 12.0. The molecule has 8 heteroatoms. The van der Waals surface area contributed by atoms with Crippen molar-refractivity contribution in [3.8, 4) is 5.75 Å². The maximum absolute atomic E-state index is 11.8. The number of carbonyl (C=O) groups is 2. The van der Waals surface area contributed by atoms with Gasteiger partial charge in [-0.2, -0.15) is 0 Å². The molecule has 2 aromatic rings. The lowest BCUT2D eigenvalue weighted by atomic mass is 10.2. The van der Waals surface area contributed by atoms with Gasteiger partial charge in [-0.1, -0.05) is 0 Å². The van der Waals surface area contributed by atoms with Crippen molar-refractivity contribution >= 4 is 38.6 Å². The van der Waals surface area contributed by atoms with E-state index in [1.807, 2.05) is 0 Å². The van der Waals surface area contributed by atoms with Gasteiger partial charge >= 0.3 is 12.1 Å². The summed E-state index contributed by atoms with van der Waals surface area (Å²) >= 11 is 1.10. The number of ether oxygens (including phenoxy) is 2. The maximum atomic E-state index is 11.8. The number of thiophene rings is 1. The average Bonchev–Trinajstić information content (AvgIpc) is 2.72. The van der Waals surface area contributed by atoms with Crippen LogP contribution < -0.4 is 10.1 Å². The predicted molar refractivity (Wildman–Crippen MR) is 83.0 cm³/mol. The summed E-state index contributed by atoms with van der Waals surface area (Å²) in [4.78, 5) is 27.4. The van der Waals surface area contributed by atoms with Gasteiger partial charge in [-0.15, -0.1) is 11.3 Å². The number of amides is 1. The Morgan fingerprint density at radius 3 is 2.59 bits per heavy atom. The number of hydrogen-bond acceptors (Lipinski definition) is 6. The van der Waals surface area contributed by atoms with Gasteiger partial charge in [-0.3, -0.25) is 10.3 Å². The van der Waals surface area contributed by atoms with Crippen molar-refractivity contribution in [2.45, 2.75) is 26.4 Å². The molecule has 2 N–H and O–H groups in total. The molecule has 0 aromatic carbocycles. The normalized spacial score (nSPS) is 11.3. The molecular formula is C14H16N2O5S. The molecule has 0 atom stereocenters. The number of rotatable bonds is 3. The third kappa shape index (κ3) is 3.45. The van der Waals surface area contributed by atoms with Crippen molar-refractivity contribution in [3.63, 3.8) is 0 Å².